The highest BCUT2D eigenvalue weighted by Gasteiger charge is 2.23. The monoisotopic (exact) mass is 393 g/mol. The number of amides is 2. The lowest BCUT2D eigenvalue weighted by Gasteiger charge is -2.20. The number of benzene rings is 1. The molecule has 1 aromatic heterocycles. The molecule has 2 amide bonds. The Morgan fingerprint density at radius 1 is 1.15 bits per heavy atom. The first kappa shape index (κ1) is 20.2. The molecule has 7 heteroatoms. The van der Waals surface area contributed by atoms with Gasteiger partial charge in [0, 0.05) is 11.2 Å². The molecule has 2 aromatic rings. The van der Waals surface area contributed by atoms with E-state index in [1.807, 2.05) is 32.0 Å². The van der Waals surface area contributed by atoms with Crippen LogP contribution >= 0.6 is 23.2 Å². The summed E-state index contributed by atoms with van der Waals surface area (Å²) >= 11 is 11.9. The minimum Gasteiger partial charge on any atom is -0.349 e. The zero-order valence-electron chi connectivity index (χ0n) is 14.6. The van der Waals surface area contributed by atoms with E-state index in [-0.39, 0.29) is 22.4 Å². The molecule has 138 valence electrons. The number of hydrogen-bond donors (Lipinski definition) is 2. The van der Waals surface area contributed by atoms with E-state index in [0.29, 0.717) is 18.0 Å². The van der Waals surface area contributed by atoms with Crippen LogP contribution in [0.4, 0.5) is 0 Å². The summed E-state index contributed by atoms with van der Waals surface area (Å²) in [5.41, 5.74) is 1.03. The third kappa shape index (κ3) is 6.00. The smallest absolute Gasteiger partial charge is 0.253 e. The van der Waals surface area contributed by atoms with Crippen LogP contribution < -0.4 is 10.6 Å². The topological polar surface area (TPSA) is 71.1 Å². The number of aromatic nitrogens is 1. The fraction of sp³-hybridized carbons (Fsp3) is 0.316. The number of carbonyl (C=O) groups excluding carboxylic acids is 2. The summed E-state index contributed by atoms with van der Waals surface area (Å²) in [5.74, 6) is -0.449. The van der Waals surface area contributed by atoms with Gasteiger partial charge in [0.25, 0.3) is 5.91 Å². The zero-order chi connectivity index (χ0) is 19.1. The molecule has 0 aliphatic carbocycles. The molecule has 0 saturated heterocycles. The standard InChI is InChI=1S/C19H21Cl2N3O2/c1-12(2)9-17(19(26)23-11-14-5-3-4-8-22-14)24-18(25)15-7-6-13(20)10-16(15)21/h3-8,10,12,17H,9,11H2,1-2H3,(H,23,26)(H,24,25). The first-order chi connectivity index (χ1) is 12.4. The molecule has 0 aliphatic rings. The maximum atomic E-state index is 12.6. The summed E-state index contributed by atoms with van der Waals surface area (Å²) in [6.45, 7) is 4.27. The highest BCUT2D eigenvalue weighted by atomic mass is 35.5. The van der Waals surface area contributed by atoms with Crippen molar-refractivity contribution in [3.8, 4) is 0 Å². The van der Waals surface area contributed by atoms with Crippen LogP contribution in [0.25, 0.3) is 0 Å². The van der Waals surface area contributed by atoms with Crippen molar-refractivity contribution in [3.63, 3.8) is 0 Å². The SMILES string of the molecule is CC(C)CC(NC(=O)c1ccc(Cl)cc1Cl)C(=O)NCc1ccccn1. The quantitative estimate of drug-likeness (QED) is 0.750. The van der Waals surface area contributed by atoms with Crippen LogP contribution in [-0.4, -0.2) is 22.8 Å². The second-order valence-electron chi connectivity index (χ2n) is 6.32. The van der Waals surface area contributed by atoms with Crippen LogP contribution in [0.15, 0.2) is 42.6 Å². The van der Waals surface area contributed by atoms with Crippen molar-refractivity contribution in [2.75, 3.05) is 0 Å². The van der Waals surface area contributed by atoms with E-state index in [2.05, 4.69) is 15.6 Å². The summed E-state index contributed by atoms with van der Waals surface area (Å²) in [4.78, 5) is 29.2. The van der Waals surface area contributed by atoms with E-state index in [1.165, 1.54) is 12.1 Å². The van der Waals surface area contributed by atoms with E-state index in [4.69, 9.17) is 23.2 Å². The molecule has 0 fully saturated rings. The van der Waals surface area contributed by atoms with Crippen LogP contribution in [0.2, 0.25) is 10.0 Å². The zero-order valence-corrected chi connectivity index (χ0v) is 16.1. The van der Waals surface area contributed by atoms with Gasteiger partial charge < -0.3 is 10.6 Å². The van der Waals surface area contributed by atoms with Gasteiger partial charge >= 0.3 is 0 Å². The average molecular weight is 394 g/mol. The first-order valence-electron chi connectivity index (χ1n) is 8.30. The van der Waals surface area contributed by atoms with Gasteiger partial charge in [-0.15, -0.1) is 0 Å². The van der Waals surface area contributed by atoms with Crippen molar-refractivity contribution < 1.29 is 9.59 Å². The van der Waals surface area contributed by atoms with Crippen LogP contribution in [0.5, 0.6) is 0 Å². The summed E-state index contributed by atoms with van der Waals surface area (Å²) in [6.07, 6.45) is 2.17. The van der Waals surface area contributed by atoms with Gasteiger partial charge in [0.15, 0.2) is 0 Å². The van der Waals surface area contributed by atoms with Crippen molar-refractivity contribution in [2.45, 2.75) is 32.9 Å². The van der Waals surface area contributed by atoms with Gasteiger partial charge in [0.1, 0.15) is 6.04 Å². The Morgan fingerprint density at radius 2 is 1.92 bits per heavy atom. The van der Waals surface area contributed by atoms with Gasteiger partial charge in [0.05, 0.1) is 22.8 Å². The molecule has 1 atom stereocenters. The fourth-order valence-electron chi connectivity index (χ4n) is 2.42. The Bertz CT molecular complexity index is 767. The summed E-state index contributed by atoms with van der Waals surface area (Å²) < 4.78 is 0. The predicted molar refractivity (Wildman–Crippen MR) is 103 cm³/mol. The Morgan fingerprint density at radius 3 is 2.54 bits per heavy atom. The van der Waals surface area contributed by atoms with Gasteiger partial charge in [-0.3, -0.25) is 14.6 Å². The molecule has 0 spiro atoms. The molecule has 1 aromatic carbocycles. The van der Waals surface area contributed by atoms with Gasteiger partial charge in [-0.2, -0.15) is 0 Å². The number of carbonyl (C=O) groups is 2. The fourth-order valence-corrected chi connectivity index (χ4v) is 2.91. The lowest BCUT2D eigenvalue weighted by Crippen LogP contribution is -2.47. The van der Waals surface area contributed by atoms with Crippen LogP contribution in [-0.2, 0) is 11.3 Å². The molecule has 2 rings (SSSR count). The predicted octanol–water partition coefficient (Wildman–Crippen LogP) is 3.85. The van der Waals surface area contributed by atoms with Gasteiger partial charge in [-0.25, -0.2) is 0 Å². The number of halogens is 2. The molecule has 0 bridgehead atoms. The minimum absolute atomic E-state index is 0.224. The van der Waals surface area contributed by atoms with Gasteiger partial charge in [-0.1, -0.05) is 43.1 Å². The second kappa shape index (κ2) is 9.55. The van der Waals surface area contributed by atoms with Crippen LogP contribution in [0.1, 0.15) is 36.3 Å². The van der Waals surface area contributed by atoms with E-state index in [1.54, 1.807) is 12.3 Å². The number of nitrogens with zero attached hydrogens (tertiary/aromatic N) is 1. The Labute approximate surface area is 163 Å². The molecule has 2 N–H and O–H groups in total. The number of hydrogen-bond acceptors (Lipinski definition) is 3. The third-order valence-electron chi connectivity index (χ3n) is 3.67. The third-order valence-corrected chi connectivity index (χ3v) is 4.22. The van der Waals surface area contributed by atoms with Crippen molar-refractivity contribution in [1.82, 2.24) is 15.6 Å². The van der Waals surface area contributed by atoms with Crippen LogP contribution in [0.3, 0.4) is 0 Å². The largest absolute Gasteiger partial charge is 0.349 e. The summed E-state index contributed by atoms with van der Waals surface area (Å²) in [6, 6.07) is 9.44. The van der Waals surface area contributed by atoms with Gasteiger partial charge in [-0.05, 0) is 42.7 Å². The highest BCUT2D eigenvalue weighted by Crippen LogP contribution is 2.21. The number of rotatable bonds is 7. The Hall–Kier alpha value is -2.11. The summed E-state index contributed by atoms with van der Waals surface area (Å²) in [5, 5.41) is 6.26. The maximum Gasteiger partial charge on any atom is 0.253 e. The normalized spacial score (nSPS) is 11.9. The van der Waals surface area contributed by atoms with E-state index >= 15 is 0 Å². The molecule has 1 heterocycles. The highest BCUT2D eigenvalue weighted by molar-refractivity contribution is 6.36. The van der Waals surface area contributed by atoms with Crippen molar-refractivity contribution in [3.05, 3.63) is 63.9 Å². The molecular formula is C19H21Cl2N3O2. The van der Waals surface area contributed by atoms with Crippen molar-refractivity contribution >= 4 is 35.0 Å². The number of nitrogens with one attached hydrogen (secondary N) is 2. The molecule has 5 nitrogen and oxygen atoms in total. The van der Waals surface area contributed by atoms with E-state index in [9.17, 15) is 9.59 Å². The minimum atomic E-state index is -0.669. The Balaban J connectivity index is 2.05. The molecule has 26 heavy (non-hydrogen) atoms. The Kier molecular flexibility index (Phi) is 7.42. The molecule has 0 saturated carbocycles. The lowest BCUT2D eigenvalue weighted by molar-refractivity contribution is -0.123. The van der Waals surface area contributed by atoms with Crippen molar-refractivity contribution in [2.24, 2.45) is 5.92 Å². The number of pyridine rings is 1. The molecule has 0 aliphatic heterocycles. The lowest BCUT2D eigenvalue weighted by atomic mass is 10.0. The second-order valence-corrected chi connectivity index (χ2v) is 7.16. The average Bonchev–Trinajstić information content (AvgIpc) is 2.59. The first-order valence-corrected chi connectivity index (χ1v) is 9.06. The molecular weight excluding hydrogens is 373 g/mol. The molecule has 1 unspecified atom stereocenters. The molecule has 0 radical (unpaired) electrons. The maximum absolute atomic E-state index is 12.6. The van der Waals surface area contributed by atoms with E-state index < -0.39 is 11.9 Å². The van der Waals surface area contributed by atoms with Crippen molar-refractivity contribution in [1.29, 1.82) is 0 Å². The van der Waals surface area contributed by atoms with Gasteiger partial charge in [0.2, 0.25) is 5.91 Å². The van der Waals surface area contributed by atoms with E-state index in [0.717, 1.165) is 5.69 Å². The summed E-state index contributed by atoms with van der Waals surface area (Å²) in [7, 11) is 0. The van der Waals surface area contributed by atoms with Crippen LogP contribution in [0, 0.1) is 5.92 Å².